The van der Waals surface area contributed by atoms with Gasteiger partial charge in [-0.1, -0.05) is 43.4 Å². The van der Waals surface area contributed by atoms with Gasteiger partial charge in [-0.3, -0.25) is 19.1 Å². The molecule has 0 N–H and O–H groups in total. The number of ether oxygens (including phenoxy) is 1. The number of morpholine rings is 1. The van der Waals surface area contributed by atoms with E-state index in [1.54, 1.807) is 23.6 Å². The van der Waals surface area contributed by atoms with Crippen molar-refractivity contribution in [1.82, 2.24) is 9.47 Å². The van der Waals surface area contributed by atoms with Gasteiger partial charge in [-0.2, -0.15) is 5.26 Å². The number of hydrogen-bond acceptors (Lipinski definition) is 7. The van der Waals surface area contributed by atoms with Crippen molar-refractivity contribution in [2.75, 3.05) is 24.5 Å². The average molecular weight is 487 g/mol. The summed E-state index contributed by atoms with van der Waals surface area (Å²) in [4.78, 5) is 30.5. The lowest BCUT2D eigenvalue weighted by Crippen LogP contribution is -2.48. The lowest BCUT2D eigenvalue weighted by atomic mass is 10.0. The van der Waals surface area contributed by atoms with Gasteiger partial charge in [0, 0.05) is 31.7 Å². The SMILES string of the molecule is C=CCN1C(=O)/C(=C/c2c(C)c(C#N)c(=O)n(CCCC)c2N2CC(C)OC(C)C2)SC1=S. The number of nitriles is 1. The van der Waals surface area contributed by atoms with Crippen LogP contribution in [-0.2, 0) is 16.1 Å². The lowest BCUT2D eigenvalue weighted by Gasteiger charge is -2.39. The zero-order valence-electron chi connectivity index (χ0n) is 19.6. The fourth-order valence-electron chi connectivity index (χ4n) is 4.28. The minimum absolute atomic E-state index is 0.0157. The molecule has 33 heavy (non-hydrogen) atoms. The van der Waals surface area contributed by atoms with Gasteiger partial charge in [0.1, 0.15) is 21.8 Å². The molecule has 0 saturated carbocycles. The molecule has 3 heterocycles. The molecule has 2 fully saturated rings. The number of carbonyl (C=O) groups excluding carboxylic acids is 1. The molecular weight excluding hydrogens is 456 g/mol. The molecule has 0 aliphatic carbocycles. The van der Waals surface area contributed by atoms with Crippen LogP contribution in [0.4, 0.5) is 5.82 Å². The smallest absolute Gasteiger partial charge is 0.270 e. The molecule has 2 unspecified atom stereocenters. The molecule has 1 aromatic heterocycles. The van der Waals surface area contributed by atoms with E-state index in [9.17, 15) is 14.9 Å². The van der Waals surface area contributed by atoms with Gasteiger partial charge in [-0.25, -0.2) is 0 Å². The van der Waals surface area contributed by atoms with Crippen molar-refractivity contribution in [2.45, 2.75) is 59.3 Å². The molecule has 1 amide bonds. The van der Waals surface area contributed by atoms with Gasteiger partial charge in [-0.05, 0) is 38.8 Å². The second-order valence-electron chi connectivity index (χ2n) is 8.40. The Kier molecular flexibility index (Phi) is 8.16. The van der Waals surface area contributed by atoms with E-state index in [0.717, 1.165) is 18.7 Å². The van der Waals surface area contributed by atoms with Crippen LogP contribution in [0.5, 0.6) is 0 Å². The molecule has 176 valence electrons. The highest BCUT2D eigenvalue weighted by molar-refractivity contribution is 8.26. The molecule has 2 saturated heterocycles. The highest BCUT2D eigenvalue weighted by Gasteiger charge is 2.33. The van der Waals surface area contributed by atoms with Crippen LogP contribution >= 0.6 is 24.0 Å². The molecule has 0 bridgehead atoms. The van der Waals surface area contributed by atoms with E-state index in [-0.39, 0.29) is 29.2 Å². The molecule has 0 aromatic carbocycles. The van der Waals surface area contributed by atoms with Crippen molar-refractivity contribution in [2.24, 2.45) is 0 Å². The maximum atomic E-state index is 13.3. The van der Waals surface area contributed by atoms with Crippen LogP contribution in [0.1, 0.15) is 50.3 Å². The quantitative estimate of drug-likeness (QED) is 0.329. The van der Waals surface area contributed by atoms with Crippen LogP contribution in [0.3, 0.4) is 0 Å². The van der Waals surface area contributed by atoms with Crippen molar-refractivity contribution in [1.29, 1.82) is 5.26 Å². The summed E-state index contributed by atoms with van der Waals surface area (Å²) in [5, 5.41) is 9.80. The number of pyridine rings is 1. The Hall–Kier alpha value is -2.41. The van der Waals surface area contributed by atoms with Crippen LogP contribution in [0.15, 0.2) is 22.4 Å². The molecule has 1 aromatic rings. The lowest BCUT2D eigenvalue weighted by molar-refractivity contribution is -0.121. The van der Waals surface area contributed by atoms with E-state index in [1.165, 1.54) is 16.7 Å². The second kappa shape index (κ2) is 10.7. The Morgan fingerprint density at radius 2 is 1.97 bits per heavy atom. The van der Waals surface area contributed by atoms with Gasteiger partial charge >= 0.3 is 0 Å². The van der Waals surface area contributed by atoms with Gasteiger partial charge in [0.25, 0.3) is 11.5 Å². The Morgan fingerprint density at radius 1 is 1.30 bits per heavy atom. The molecule has 2 aliphatic heterocycles. The van der Waals surface area contributed by atoms with E-state index < -0.39 is 0 Å². The Morgan fingerprint density at radius 3 is 2.55 bits per heavy atom. The number of unbranched alkanes of at least 4 members (excludes halogenated alkanes) is 1. The third kappa shape index (κ3) is 5.08. The van der Waals surface area contributed by atoms with Crippen molar-refractivity contribution >= 4 is 46.1 Å². The number of anilines is 1. The predicted octanol–water partition coefficient (Wildman–Crippen LogP) is 3.83. The first-order valence-electron chi connectivity index (χ1n) is 11.2. The van der Waals surface area contributed by atoms with E-state index in [1.807, 2.05) is 13.8 Å². The van der Waals surface area contributed by atoms with Crippen molar-refractivity contribution in [3.05, 3.63) is 44.6 Å². The topological polar surface area (TPSA) is 78.6 Å². The van der Waals surface area contributed by atoms with Crippen molar-refractivity contribution < 1.29 is 9.53 Å². The summed E-state index contributed by atoms with van der Waals surface area (Å²) in [7, 11) is 0. The van der Waals surface area contributed by atoms with Crippen LogP contribution in [0, 0.1) is 18.3 Å². The molecule has 9 heteroatoms. The molecular formula is C24H30N4O3S2. The zero-order chi connectivity index (χ0) is 24.3. The number of thioether (sulfide) groups is 1. The highest BCUT2D eigenvalue weighted by Crippen LogP contribution is 2.36. The standard InChI is InChI=1S/C24H30N4O3S2/c1-6-8-10-27-21(26-13-15(3)31-16(4)14-26)18(17(5)19(12-25)22(27)29)11-20-23(30)28(9-7-2)24(32)33-20/h7,11,15-16H,2,6,8-10,13-14H2,1,3-5H3/b20-11-. The summed E-state index contributed by atoms with van der Waals surface area (Å²) in [6, 6.07) is 2.10. The van der Waals surface area contributed by atoms with E-state index in [0.29, 0.717) is 46.5 Å². The highest BCUT2D eigenvalue weighted by atomic mass is 32.2. The predicted molar refractivity (Wildman–Crippen MR) is 137 cm³/mol. The summed E-state index contributed by atoms with van der Waals surface area (Å²) in [6.07, 6.45) is 5.11. The van der Waals surface area contributed by atoms with Crippen LogP contribution in [0.2, 0.25) is 0 Å². The second-order valence-corrected chi connectivity index (χ2v) is 10.1. The van der Waals surface area contributed by atoms with Gasteiger partial charge in [0.15, 0.2) is 0 Å². The Labute approximate surface area is 204 Å². The van der Waals surface area contributed by atoms with Gasteiger partial charge in [0.05, 0.1) is 17.1 Å². The molecule has 2 atom stereocenters. The number of nitrogens with zero attached hydrogens (tertiary/aromatic N) is 4. The zero-order valence-corrected chi connectivity index (χ0v) is 21.2. The summed E-state index contributed by atoms with van der Waals surface area (Å²) < 4.78 is 8.10. The maximum absolute atomic E-state index is 13.3. The van der Waals surface area contributed by atoms with Gasteiger partial charge in [-0.15, -0.1) is 6.58 Å². The summed E-state index contributed by atoms with van der Waals surface area (Å²) >= 11 is 6.63. The van der Waals surface area contributed by atoms with E-state index in [2.05, 4.69) is 24.5 Å². The molecule has 0 spiro atoms. The number of carbonyl (C=O) groups is 1. The summed E-state index contributed by atoms with van der Waals surface area (Å²) in [5.74, 6) is 0.546. The third-order valence-electron chi connectivity index (χ3n) is 5.76. The number of aromatic nitrogens is 1. The maximum Gasteiger partial charge on any atom is 0.270 e. The number of rotatable bonds is 7. The van der Waals surface area contributed by atoms with E-state index >= 15 is 0 Å². The average Bonchev–Trinajstić information content (AvgIpc) is 3.02. The molecule has 3 rings (SSSR count). The first kappa shape index (κ1) is 25.2. The van der Waals surface area contributed by atoms with Gasteiger partial charge < -0.3 is 9.64 Å². The van der Waals surface area contributed by atoms with Crippen LogP contribution in [-0.4, -0.2) is 51.5 Å². The Bertz CT molecular complexity index is 1090. The monoisotopic (exact) mass is 486 g/mol. The molecule has 2 aliphatic rings. The van der Waals surface area contributed by atoms with Crippen molar-refractivity contribution in [3.8, 4) is 6.07 Å². The minimum atomic E-state index is -0.290. The first-order valence-corrected chi connectivity index (χ1v) is 12.4. The largest absolute Gasteiger partial charge is 0.372 e. The fraction of sp³-hybridized carbons (Fsp3) is 0.500. The molecule has 7 nitrogen and oxygen atoms in total. The number of amides is 1. The first-order chi connectivity index (χ1) is 15.7. The summed E-state index contributed by atoms with van der Waals surface area (Å²) in [6.45, 7) is 13.6. The van der Waals surface area contributed by atoms with E-state index in [4.69, 9.17) is 17.0 Å². The normalized spacial score (nSPS) is 22.2. The van der Waals surface area contributed by atoms with Crippen LogP contribution < -0.4 is 10.5 Å². The summed E-state index contributed by atoms with van der Waals surface area (Å²) in [5.41, 5.74) is 1.10. The van der Waals surface area contributed by atoms with Crippen molar-refractivity contribution in [3.63, 3.8) is 0 Å². The fourth-order valence-corrected chi connectivity index (χ4v) is 5.53. The molecule has 0 radical (unpaired) electrons. The number of thiocarbonyl (C=S) groups is 1. The Balaban J connectivity index is 2.26. The minimum Gasteiger partial charge on any atom is -0.372 e. The number of hydrogen-bond donors (Lipinski definition) is 0. The van der Waals surface area contributed by atoms with Gasteiger partial charge in [0.2, 0.25) is 0 Å². The van der Waals surface area contributed by atoms with Crippen LogP contribution in [0.25, 0.3) is 6.08 Å². The third-order valence-corrected chi connectivity index (χ3v) is 7.14.